The van der Waals surface area contributed by atoms with Crippen molar-refractivity contribution in [2.45, 2.75) is 26.4 Å². The third kappa shape index (κ3) is 1.49. The van der Waals surface area contributed by atoms with E-state index in [1.54, 1.807) is 11.3 Å². The van der Waals surface area contributed by atoms with Crippen molar-refractivity contribution >= 4 is 11.3 Å². The number of aryl methyl sites for hydroxylation is 1. The van der Waals surface area contributed by atoms with Gasteiger partial charge in [0.25, 0.3) is 0 Å². The van der Waals surface area contributed by atoms with Gasteiger partial charge in [-0.3, -0.25) is 4.68 Å². The fraction of sp³-hybridized carbons (Fsp3) is 0.417. The first kappa shape index (κ1) is 10.1. The zero-order valence-corrected chi connectivity index (χ0v) is 10.2. The second kappa shape index (κ2) is 4.03. The fourth-order valence-electron chi connectivity index (χ4n) is 2.29. The molecule has 2 aromatic heterocycles. The Hall–Kier alpha value is -1.13. The third-order valence-corrected chi connectivity index (χ3v) is 3.94. The predicted octanol–water partition coefficient (Wildman–Crippen LogP) is 2.28. The summed E-state index contributed by atoms with van der Waals surface area (Å²) in [7, 11) is 0. The van der Waals surface area contributed by atoms with Crippen molar-refractivity contribution in [3.63, 3.8) is 0 Å². The second-order valence-electron chi connectivity index (χ2n) is 3.99. The maximum absolute atomic E-state index is 4.74. The van der Waals surface area contributed by atoms with Gasteiger partial charge in [-0.1, -0.05) is 6.07 Å². The molecule has 1 N–H and O–H groups in total. The van der Waals surface area contributed by atoms with Gasteiger partial charge in [-0.05, 0) is 18.4 Å². The number of nitrogens with zero attached hydrogens (tertiary/aromatic N) is 2. The maximum Gasteiger partial charge on any atom is 0.107 e. The largest absolute Gasteiger partial charge is 0.312 e. The Labute approximate surface area is 99.1 Å². The van der Waals surface area contributed by atoms with Crippen LogP contribution in [0.5, 0.6) is 0 Å². The summed E-state index contributed by atoms with van der Waals surface area (Å²) in [5, 5.41) is 10.3. The number of aromatic nitrogens is 2. The highest BCUT2D eigenvalue weighted by Gasteiger charge is 2.20. The van der Waals surface area contributed by atoms with E-state index in [9.17, 15) is 0 Å². The average Bonchev–Trinajstić information content (AvgIpc) is 2.95. The minimum atomic E-state index is 0.961. The molecule has 3 heterocycles. The molecule has 0 aliphatic carbocycles. The van der Waals surface area contributed by atoms with E-state index >= 15 is 0 Å². The van der Waals surface area contributed by atoms with Gasteiger partial charge in [-0.2, -0.15) is 5.10 Å². The quantitative estimate of drug-likeness (QED) is 0.862. The lowest BCUT2D eigenvalue weighted by atomic mass is 10.1. The summed E-state index contributed by atoms with van der Waals surface area (Å²) in [4.78, 5) is 1.28. The van der Waals surface area contributed by atoms with Gasteiger partial charge >= 0.3 is 0 Å². The number of hydrogen-bond donors (Lipinski definition) is 1. The molecule has 0 atom stereocenters. The van der Waals surface area contributed by atoms with Crippen LogP contribution in [0, 0.1) is 0 Å². The van der Waals surface area contributed by atoms with Crippen LogP contribution in [-0.2, 0) is 19.5 Å². The molecule has 3 rings (SSSR count). The Morgan fingerprint density at radius 3 is 3.25 bits per heavy atom. The van der Waals surface area contributed by atoms with Crippen LogP contribution in [-0.4, -0.2) is 16.3 Å². The molecule has 0 saturated heterocycles. The lowest BCUT2D eigenvalue weighted by Crippen LogP contribution is -2.24. The highest BCUT2D eigenvalue weighted by Crippen LogP contribution is 2.30. The van der Waals surface area contributed by atoms with Crippen LogP contribution in [0.1, 0.15) is 18.2 Å². The normalized spacial score (nSPS) is 15.1. The molecule has 0 saturated carbocycles. The zero-order chi connectivity index (χ0) is 11.0. The summed E-state index contributed by atoms with van der Waals surface area (Å²) in [5.41, 5.74) is 4.00. The minimum Gasteiger partial charge on any atom is -0.312 e. The van der Waals surface area contributed by atoms with Crippen LogP contribution in [0.4, 0.5) is 0 Å². The van der Waals surface area contributed by atoms with Crippen LogP contribution in [0.3, 0.4) is 0 Å². The highest BCUT2D eigenvalue weighted by atomic mass is 32.1. The maximum atomic E-state index is 4.74. The van der Waals surface area contributed by atoms with E-state index in [2.05, 4.69) is 34.4 Å². The van der Waals surface area contributed by atoms with Crippen molar-refractivity contribution < 1.29 is 0 Å². The fourth-order valence-corrected chi connectivity index (χ4v) is 3.03. The van der Waals surface area contributed by atoms with E-state index in [0.29, 0.717) is 0 Å². The average molecular weight is 233 g/mol. The number of nitrogens with one attached hydrogen (secondary N) is 1. The molecule has 0 spiro atoms. The topological polar surface area (TPSA) is 29.9 Å². The summed E-state index contributed by atoms with van der Waals surface area (Å²) in [6, 6.07) is 4.25. The Kier molecular flexibility index (Phi) is 2.53. The second-order valence-corrected chi connectivity index (χ2v) is 4.94. The van der Waals surface area contributed by atoms with E-state index < -0.39 is 0 Å². The van der Waals surface area contributed by atoms with Crippen molar-refractivity contribution in [1.29, 1.82) is 0 Å². The molecule has 84 valence electrons. The molecule has 3 nitrogen and oxygen atoms in total. The van der Waals surface area contributed by atoms with E-state index in [4.69, 9.17) is 5.10 Å². The van der Waals surface area contributed by atoms with E-state index in [0.717, 1.165) is 26.1 Å². The molecule has 0 fully saturated rings. The van der Waals surface area contributed by atoms with Gasteiger partial charge in [0.15, 0.2) is 0 Å². The van der Waals surface area contributed by atoms with Crippen LogP contribution in [0.2, 0.25) is 0 Å². The molecular weight excluding hydrogens is 218 g/mol. The number of hydrogen-bond acceptors (Lipinski definition) is 3. The minimum absolute atomic E-state index is 0.961. The molecule has 2 aromatic rings. The lowest BCUT2D eigenvalue weighted by molar-refractivity contribution is 0.572. The molecule has 4 heteroatoms. The van der Waals surface area contributed by atoms with E-state index in [-0.39, 0.29) is 0 Å². The van der Waals surface area contributed by atoms with Crippen LogP contribution in [0.15, 0.2) is 17.5 Å². The van der Waals surface area contributed by atoms with Gasteiger partial charge in [0.1, 0.15) is 5.69 Å². The smallest absolute Gasteiger partial charge is 0.107 e. The van der Waals surface area contributed by atoms with Gasteiger partial charge in [0, 0.05) is 37.3 Å². The predicted molar refractivity (Wildman–Crippen MR) is 66.6 cm³/mol. The first-order valence-corrected chi connectivity index (χ1v) is 6.61. The van der Waals surface area contributed by atoms with Crippen molar-refractivity contribution in [2.75, 3.05) is 6.54 Å². The Morgan fingerprint density at radius 1 is 1.56 bits per heavy atom. The van der Waals surface area contributed by atoms with Crippen LogP contribution in [0.25, 0.3) is 10.6 Å². The summed E-state index contributed by atoms with van der Waals surface area (Å²) in [6.45, 7) is 5.16. The lowest BCUT2D eigenvalue weighted by Gasteiger charge is -2.14. The zero-order valence-electron chi connectivity index (χ0n) is 9.36. The molecule has 1 aliphatic heterocycles. The Balaban J connectivity index is 2.15. The molecule has 1 aliphatic rings. The van der Waals surface area contributed by atoms with Gasteiger partial charge in [0.05, 0.1) is 4.88 Å². The van der Waals surface area contributed by atoms with E-state index in [1.807, 2.05) is 0 Å². The van der Waals surface area contributed by atoms with Crippen molar-refractivity contribution in [2.24, 2.45) is 0 Å². The van der Waals surface area contributed by atoms with Gasteiger partial charge in [0.2, 0.25) is 0 Å². The van der Waals surface area contributed by atoms with Gasteiger partial charge in [-0.15, -0.1) is 11.3 Å². The van der Waals surface area contributed by atoms with Crippen molar-refractivity contribution in [1.82, 2.24) is 15.1 Å². The molecule has 0 amide bonds. The number of fused-ring (bicyclic) bond motifs is 1. The first-order valence-electron chi connectivity index (χ1n) is 5.73. The van der Waals surface area contributed by atoms with Gasteiger partial charge < -0.3 is 5.32 Å². The number of thiophene rings is 1. The number of rotatable bonds is 2. The molecule has 16 heavy (non-hydrogen) atoms. The Morgan fingerprint density at radius 2 is 2.50 bits per heavy atom. The SMILES string of the molecule is CCn1nc(-c2cccs2)c2c1CCNC2. The van der Waals surface area contributed by atoms with Crippen molar-refractivity contribution in [3.8, 4) is 10.6 Å². The molecule has 0 aromatic carbocycles. The Bertz CT molecular complexity index is 485. The van der Waals surface area contributed by atoms with Crippen LogP contribution < -0.4 is 5.32 Å². The molecule has 0 unspecified atom stereocenters. The summed E-state index contributed by atoms with van der Waals surface area (Å²) >= 11 is 1.77. The van der Waals surface area contributed by atoms with Crippen LogP contribution >= 0.6 is 11.3 Å². The summed E-state index contributed by atoms with van der Waals surface area (Å²) < 4.78 is 2.16. The third-order valence-electron chi connectivity index (χ3n) is 3.06. The first-order chi connectivity index (χ1) is 7.90. The van der Waals surface area contributed by atoms with E-state index in [1.165, 1.54) is 21.8 Å². The molecule has 0 radical (unpaired) electrons. The van der Waals surface area contributed by atoms with Crippen molar-refractivity contribution in [3.05, 3.63) is 28.8 Å². The molecular formula is C12H15N3S. The highest BCUT2D eigenvalue weighted by molar-refractivity contribution is 7.13. The molecule has 0 bridgehead atoms. The summed E-state index contributed by atoms with van der Waals surface area (Å²) in [5.74, 6) is 0. The monoisotopic (exact) mass is 233 g/mol. The standard InChI is InChI=1S/C12H15N3S/c1-2-15-10-5-6-13-8-9(10)12(14-15)11-4-3-7-16-11/h3-4,7,13H,2,5-6,8H2,1H3. The van der Waals surface area contributed by atoms with Gasteiger partial charge in [-0.25, -0.2) is 0 Å². The summed E-state index contributed by atoms with van der Waals surface area (Å²) in [6.07, 6.45) is 1.10.